The zero-order chi connectivity index (χ0) is 25.7. The summed E-state index contributed by atoms with van der Waals surface area (Å²) >= 11 is 1.18. The van der Waals surface area contributed by atoms with Gasteiger partial charge in [-0.05, 0) is 61.2 Å². The Hall–Kier alpha value is -2.82. The van der Waals surface area contributed by atoms with E-state index in [1.54, 1.807) is 18.2 Å². The molecule has 6 nitrogen and oxygen atoms in total. The summed E-state index contributed by atoms with van der Waals surface area (Å²) in [6.07, 6.45) is 2.06. The van der Waals surface area contributed by atoms with Crippen molar-refractivity contribution >= 4 is 28.6 Å². The van der Waals surface area contributed by atoms with E-state index in [0.717, 1.165) is 18.2 Å². The molecule has 1 saturated heterocycles. The first-order valence-corrected chi connectivity index (χ1v) is 12.6. The molecule has 0 aliphatic carbocycles. The van der Waals surface area contributed by atoms with Crippen molar-refractivity contribution in [2.45, 2.75) is 29.8 Å². The molecule has 1 N–H and O–H groups in total. The van der Waals surface area contributed by atoms with Gasteiger partial charge in [-0.2, -0.15) is 0 Å². The summed E-state index contributed by atoms with van der Waals surface area (Å²) in [5, 5.41) is 10.7. The molecule has 10 heteroatoms. The van der Waals surface area contributed by atoms with Gasteiger partial charge in [0.1, 0.15) is 23.2 Å². The average Bonchev–Trinajstić information content (AvgIpc) is 2.87. The van der Waals surface area contributed by atoms with Crippen molar-refractivity contribution in [2.75, 3.05) is 39.1 Å². The van der Waals surface area contributed by atoms with Crippen molar-refractivity contribution in [2.24, 2.45) is 0 Å². The Labute approximate surface area is 211 Å². The largest absolute Gasteiger partial charge is 0.497 e. The lowest BCUT2D eigenvalue weighted by Crippen LogP contribution is -2.56. The second-order valence-corrected chi connectivity index (χ2v) is 9.81. The van der Waals surface area contributed by atoms with E-state index >= 15 is 0 Å². The summed E-state index contributed by atoms with van der Waals surface area (Å²) in [5.74, 6) is -1.47. The minimum absolute atomic E-state index is 0.155. The summed E-state index contributed by atoms with van der Waals surface area (Å²) in [6.45, 7) is 1.41. The van der Waals surface area contributed by atoms with Gasteiger partial charge in [-0.15, -0.1) is 11.8 Å². The highest BCUT2D eigenvalue weighted by Gasteiger charge is 2.43. The Kier molecular flexibility index (Phi) is 8.38. The van der Waals surface area contributed by atoms with Gasteiger partial charge < -0.3 is 14.6 Å². The van der Waals surface area contributed by atoms with Gasteiger partial charge in [-0.1, -0.05) is 0 Å². The maximum absolute atomic E-state index is 14.7. The predicted molar refractivity (Wildman–Crippen MR) is 131 cm³/mol. The standard InChI is InChI=1S/C26H27F3N2O4S/c1-34-18-5-7-23-20(14-18)19(22(29)15-30-23)3-2-8-26(25(32)33)16-31(9-11-35-26)10-12-36-24-13-17(27)4-6-21(24)28/h4-7,13-15H,2-3,8-12,16H2,1H3,(H,32,33). The maximum Gasteiger partial charge on any atom is 0.337 e. The first-order valence-electron chi connectivity index (χ1n) is 11.6. The number of carboxylic acids is 1. The van der Waals surface area contributed by atoms with Crippen molar-refractivity contribution in [3.05, 3.63) is 65.6 Å². The molecule has 0 amide bonds. The number of aliphatic carboxylic acids is 1. The number of aromatic nitrogens is 1. The highest BCUT2D eigenvalue weighted by molar-refractivity contribution is 7.99. The van der Waals surface area contributed by atoms with Gasteiger partial charge in [0.25, 0.3) is 0 Å². The molecule has 192 valence electrons. The molecule has 1 aromatic heterocycles. The molecule has 0 spiro atoms. The highest BCUT2D eigenvalue weighted by atomic mass is 32.2. The van der Waals surface area contributed by atoms with Crippen LogP contribution in [-0.4, -0.2) is 65.7 Å². The van der Waals surface area contributed by atoms with E-state index in [1.165, 1.54) is 25.1 Å². The minimum Gasteiger partial charge on any atom is -0.497 e. The van der Waals surface area contributed by atoms with E-state index < -0.39 is 29.0 Å². The lowest BCUT2D eigenvalue weighted by Gasteiger charge is -2.40. The van der Waals surface area contributed by atoms with Crippen LogP contribution in [0.15, 0.2) is 47.5 Å². The minimum atomic E-state index is -1.43. The Morgan fingerprint density at radius 1 is 1.22 bits per heavy atom. The quantitative estimate of drug-likeness (QED) is 0.380. The zero-order valence-electron chi connectivity index (χ0n) is 19.8. The molecule has 1 unspecified atom stereocenters. The van der Waals surface area contributed by atoms with Crippen molar-refractivity contribution < 1.29 is 32.5 Å². The van der Waals surface area contributed by atoms with Gasteiger partial charge in [0.2, 0.25) is 0 Å². The fraction of sp³-hybridized carbons (Fsp3) is 0.385. The number of benzene rings is 2. The molecule has 1 aliphatic rings. The molecule has 0 saturated carbocycles. The number of hydrogen-bond donors (Lipinski definition) is 1. The number of nitrogens with zero attached hydrogens (tertiary/aromatic N) is 2. The van der Waals surface area contributed by atoms with Crippen LogP contribution in [0.2, 0.25) is 0 Å². The van der Waals surface area contributed by atoms with Crippen molar-refractivity contribution in [3.63, 3.8) is 0 Å². The average molecular weight is 521 g/mol. The summed E-state index contributed by atoms with van der Waals surface area (Å²) < 4.78 is 53.0. The van der Waals surface area contributed by atoms with E-state index in [0.29, 0.717) is 53.9 Å². The number of morpholine rings is 1. The van der Waals surface area contributed by atoms with Crippen LogP contribution in [0.1, 0.15) is 18.4 Å². The van der Waals surface area contributed by atoms with E-state index in [4.69, 9.17) is 9.47 Å². The van der Waals surface area contributed by atoms with Gasteiger partial charge in [0.15, 0.2) is 5.60 Å². The number of methoxy groups -OCH3 is 1. The molecule has 1 atom stereocenters. The number of thioether (sulfide) groups is 1. The Balaban J connectivity index is 1.40. The molecule has 3 aromatic rings. The zero-order valence-corrected chi connectivity index (χ0v) is 20.6. The molecule has 4 rings (SSSR count). The Bertz CT molecular complexity index is 1250. The molecule has 0 bridgehead atoms. The topological polar surface area (TPSA) is 71.9 Å². The van der Waals surface area contributed by atoms with E-state index in [1.807, 2.05) is 4.90 Å². The van der Waals surface area contributed by atoms with Crippen LogP contribution >= 0.6 is 11.8 Å². The van der Waals surface area contributed by atoms with Crippen molar-refractivity contribution in [3.8, 4) is 5.75 Å². The number of ether oxygens (including phenoxy) is 2. The normalized spacial score (nSPS) is 18.4. The molecular formula is C26H27F3N2O4S. The SMILES string of the molecule is COc1ccc2ncc(F)c(CCCC3(C(=O)O)CN(CCSc4cc(F)ccc4F)CCO3)c2c1. The number of pyridine rings is 1. The molecule has 36 heavy (non-hydrogen) atoms. The molecule has 1 fully saturated rings. The number of carboxylic acid groups (broad SMARTS) is 1. The summed E-state index contributed by atoms with van der Waals surface area (Å²) in [5.41, 5.74) is -0.336. The second-order valence-electron chi connectivity index (χ2n) is 8.67. The first-order chi connectivity index (χ1) is 17.3. The molecule has 0 radical (unpaired) electrons. The van der Waals surface area contributed by atoms with Gasteiger partial charge in [-0.3, -0.25) is 9.88 Å². The van der Waals surface area contributed by atoms with Gasteiger partial charge >= 0.3 is 5.97 Å². The molecular weight excluding hydrogens is 493 g/mol. The third kappa shape index (κ3) is 5.93. The smallest absolute Gasteiger partial charge is 0.337 e. The number of rotatable bonds is 10. The van der Waals surface area contributed by atoms with Crippen LogP contribution in [0.4, 0.5) is 13.2 Å². The number of hydrogen-bond acceptors (Lipinski definition) is 6. The maximum atomic E-state index is 14.7. The third-order valence-corrected chi connectivity index (χ3v) is 7.37. The molecule has 1 aliphatic heterocycles. The van der Waals surface area contributed by atoms with E-state index in [9.17, 15) is 23.1 Å². The van der Waals surface area contributed by atoms with Crippen molar-refractivity contribution in [1.29, 1.82) is 0 Å². The van der Waals surface area contributed by atoms with E-state index in [-0.39, 0.29) is 24.5 Å². The summed E-state index contributed by atoms with van der Waals surface area (Å²) in [6, 6.07) is 8.55. The fourth-order valence-electron chi connectivity index (χ4n) is 4.44. The number of halogens is 3. The monoisotopic (exact) mass is 520 g/mol. The Morgan fingerprint density at radius 3 is 2.83 bits per heavy atom. The summed E-state index contributed by atoms with van der Waals surface area (Å²) in [7, 11) is 1.53. The predicted octanol–water partition coefficient (Wildman–Crippen LogP) is 4.93. The van der Waals surface area contributed by atoms with Gasteiger partial charge in [0.05, 0.1) is 25.4 Å². The van der Waals surface area contributed by atoms with Gasteiger partial charge in [-0.25, -0.2) is 18.0 Å². The third-order valence-electron chi connectivity index (χ3n) is 6.35. The fourth-order valence-corrected chi connectivity index (χ4v) is 5.41. The van der Waals surface area contributed by atoms with Crippen molar-refractivity contribution in [1.82, 2.24) is 9.88 Å². The van der Waals surface area contributed by atoms with Crippen LogP contribution in [0.5, 0.6) is 5.75 Å². The first kappa shape index (κ1) is 26.2. The number of fused-ring (bicyclic) bond motifs is 1. The molecule has 2 heterocycles. The lowest BCUT2D eigenvalue weighted by molar-refractivity contribution is -0.179. The van der Waals surface area contributed by atoms with Crippen LogP contribution in [0, 0.1) is 17.5 Å². The summed E-state index contributed by atoms with van der Waals surface area (Å²) in [4.78, 5) is 18.6. The van der Waals surface area contributed by atoms with E-state index in [2.05, 4.69) is 4.98 Å². The number of aryl methyl sites for hydroxylation is 1. The van der Waals surface area contributed by atoms with Crippen LogP contribution < -0.4 is 4.74 Å². The lowest BCUT2D eigenvalue weighted by atomic mass is 9.92. The van der Waals surface area contributed by atoms with Crippen LogP contribution in [-0.2, 0) is 16.0 Å². The van der Waals surface area contributed by atoms with Crippen LogP contribution in [0.3, 0.4) is 0 Å². The molecule has 2 aromatic carbocycles. The Morgan fingerprint density at radius 2 is 2.06 bits per heavy atom. The van der Waals surface area contributed by atoms with Crippen LogP contribution in [0.25, 0.3) is 10.9 Å². The number of carbonyl (C=O) groups is 1. The second kappa shape index (κ2) is 11.5. The highest BCUT2D eigenvalue weighted by Crippen LogP contribution is 2.30. The van der Waals surface area contributed by atoms with Gasteiger partial charge in [0, 0.05) is 35.7 Å².